The Morgan fingerprint density at radius 1 is 1.33 bits per heavy atom. The molecule has 0 aliphatic carbocycles. The number of fused-ring (bicyclic) bond motifs is 1. The molecule has 1 aromatic carbocycles. The Hall–Kier alpha value is -2.70. The summed E-state index contributed by atoms with van der Waals surface area (Å²) in [7, 11) is 0. The fourth-order valence-electron chi connectivity index (χ4n) is 3.14. The van der Waals surface area contributed by atoms with Gasteiger partial charge in [-0.05, 0) is 25.0 Å². The molecule has 2 aliphatic rings. The van der Waals surface area contributed by atoms with E-state index in [9.17, 15) is 19.2 Å². The molecule has 4 amide bonds. The SMILES string of the molecule is CCCC(=O)Nc1cccc2c1CN(C1CCC(=O)NC1=O)C2=O. The van der Waals surface area contributed by atoms with Crippen molar-refractivity contribution in [2.45, 2.75) is 45.2 Å². The molecule has 1 aromatic rings. The maximum atomic E-state index is 12.6. The van der Waals surface area contributed by atoms with E-state index in [1.807, 2.05) is 6.92 Å². The topological polar surface area (TPSA) is 95.6 Å². The van der Waals surface area contributed by atoms with Crippen LogP contribution in [0.4, 0.5) is 5.69 Å². The van der Waals surface area contributed by atoms with Crippen LogP contribution >= 0.6 is 0 Å². The molecule has 0 radical (unpaired) electrons. The molecular weight excluding hydrogens is 310 g/mol. The zero-order valence-corrected chi connectivity index (χ0v) is 13.4. The average molecular weight is 329 g/mol. The van der Waals surface area contributed by atoms with Crippen molar-refractivity contribution in [3.63, 3.8) is 0 Å². The van der Waals surface area contributed by atoms with Gasteiger partial charge in [0.2, 0.25) is 17.7 Å². The molecular formula is C17H19N3O4. The first-order valence-corrected chi connectivity index (χ1v) is 8.07. The maximum absolute atomic E-state index is 12.6. The summed E-state index contributed by atoms with van der Waals surface area (Å²) in [6, 6.07) is 4.51. The van der Waals surface area contributed by atoms with E-state index in [4.69, 9.17) is 0 Å². The largest absolute Gasteiger partial charge is 0.326 e. The minimum absolute atomic E-state index is 0.0993. The summed E-state index contributed by atoms with van der Waals surface area (Å²) >= 11 is 0. The Balaban J connectivity index is 1.83. The van der Waals surface area contributed by atoms with Crippen LogP contribution in [0, 0.1) is 0 Å². The molecule has 0 bridgehead atoms. The molecule has 2 N–H and O–H groups in total. The Labute approximate surface area is 139 Å². The minimum atomic E-state index is -0.651. The highest BCUT2D eigenvalue weighted by Crippen LogP contribution is 2.32. The molecule has 1 fully saturated rings. The first kappa shape index (κ1) is 16.2. The highest BCUT2D eigenvalue weighted by atomic mass is 16.2. The van der Waals surface area contributed by atoms with Crippen molar-refractivity contribution >= 4 is 29.3 Å². The lowest BCUT2D eigenvalue weighted by molar-refractivity contribution is -0.137. The number of hydrogen-bond donors (Lipinski definition) is 2. The predicted molar refractivity (Wildman–Crippen MR) is 86.0 cm³/mol. The number of nitrogens with one attached hydrogen (secondary N) is 2. The summed E-state index contributed by atoms with van der Waals surface area (Å²) in [4.78, 5) is 49.3. The van der Waals surface area contributed by atoms with Gasteiger partial charge in [0, 0.05) is 36.2 Å². The van der Waals surface area contributed by atoms with Crippen molar-refractivity contribution in [1.29, 1.82) is 0 Å². The van der Waals surface area contributed by atoms with Crippen molar-refractivity contribution in [3.05, 3.63) is 29.3 Å². The van der Waals surface area contributed by atoms with Crippen LogP contribution < -0.4 is 10.6 Å². The van der Waals surface area contributed by atoms with Gasteiger partial charge in [-0.2, -0.15) is 0 Å². The molecule has 0 spiro atoms. The average Bonchev–Trinajstić information content (AvgIpc) is 2.86. The second kappa shape index (κ2) is 6.43. The molecule has 7 nitrogen and oxygen atoms in total. The second-order valence-electron chi connectivity index (χ2n) is 6.03. The standard InChI is InChI=1S/C17H19N3O4/c1-2-4-14(21)18-12-6-3-5-10-11(12)9-20(17(10)24)13-7-8-15(22)19-16(13)23/h3,5-6,13H,2,4,7-9H2,1H3,(H,18,21)(H,19,22,23). The summed E-state index contributed by atoms with van der Waals surface area (Å²) in [5.41, 5.74) is 1.82. The lowest BCUT2D eigenvalue weighted by Gasteiger charge is -2.29. The van der Waals surface area contributed by atoms with Gasteiger partial charge in [-0.3, -0.25) is 24.5 Å². The van der Waals surface area contributed by atoms with Crippen LogP contribution in [-0.2, 0) is 20.9 Å². The number of amides is 4. The molecule has 7 heteroatoms. The third-order valence-corrected chi connectivity index (χ3v) is 4.33. The molecule has 1 unspecified atom stereocenters. The van der Waals surface area contributed by atoms with Crippen LogP contribution in [0.3, 0.4) is 0 Å². The van der Waals surface area contributed by atoms with Gasteiger partial charge in [-0.15, -0.1) is 0 Å². The number of hydrogen-bond acceptors (Lipinski definition) is 4. The van der Waals surface area contributed by atoms with Crippen LogP contribution in [0.1, 0.15) is 48.5 Å². The van der Waals surface area contributed by atoms with Crippen LogP contribution in [-0.4, -0.2) is 34.6 Å². The van der Waals surface area contributed by atoms with Gasteiger partial charge in [0.15, 0.2) is 0 Å². The van der Waals surface area contributed by atoms with Crippen LogP contribution in [0.15, 0.2) is 18.2 Å². The first-order valence-electron chi connectivity index (χ1n) is 8.07. The third kappa shape index (κ3) is 2.89. The zero-order chi connectivity index (χ0) is 17.3. The summed E-state index contributed by atoms with van der Waals surface area (Å²) < 4.78 is 0. The van der Waals surface area contributed by atoms with Gasteiger partial charge in [-0.1, -0.05) is 13.0 Å². The van der Waals surface area contributed by atoms with Gasteiger partial charge in [-0.25, -0.2) is 0 Å². The summed E-state index contributed by atoms with van der Waals surface area (Å²) in [6.45, 7) is 2.17. The Kier molecular flexibility index (Phi) is 4.33. The highest BCUT2D eigenvalue weighted by Gasteiger charge is 2.39. The molecule has 2 aliphatic heterocycles. The van der Waals surface area contributed by atoms with Gasteiger partial charge < -0.3 is 10.2 Å². The van der Waals surface area contributed by atoms with E-state index in [1.54, 1.807) is 18.2 Å². The van der Waals surface area contributed by atoms with E-state index in [0.717, 1.165) is 12.0 Å². The Morgan fingerprint density at radius 2 is 2.12 bits per heavy atom. The molecule has 24 heavy (non-hydrogen) atoms. The number of piperidine rings is 1. The minimum Gasteiger partial charge on any atom is -0.326 e. The molecule has 1 atom stereocenters. The lowest BCUT2D eigenvalue weighted by Crippen LogP contribution is -2.52. The van der Waals surface area contributed by atoms with Crippen molar-refractivity contribution in [1.82, 2.24) is 10.2 Å². The maximum Gasteiger partial charge on any atom is 0.255 e. The predicted octanol–water partition coefficient (Wildman–Crippen LogP) is 1.19. The molecule has 2 heterocycles. The third-order valence-electron chi connectivity index (χ3n) is 4.33. The molecule has 126 valence electrons. The normalized spacial score (nSPS) is 20.0. The fourth-order valence-corrected chi connectivity index (χ4v) is 3.14. The fraction of sp³-hybridized carbons (Fsp3) is 0.412. The van der Waals surface area contributed by atoms with Gasteiger partial charge >= 0.3 is 0 Å². The van der Waals surface area contributed by atoms with Crippen LogP contribution in [0.2, 0.25) is 0 Å². The van der Waals surface area contributed by atoms with Gasteiger partial charge in [0.05, 0.1) is 0 Å². The first-order chi connectivity index (χ1) is 11.5. The lowest BCUT2D eigenvalue weighted by atomic mass is 10.0. The van der Waals surface area contributed by atoms with E-state index >= 15 is 0 Å². The highest BCUT2D eigenvalue weighted by molar-refractivity contribution is 6.06. The molecule has 1 saturated heterocycles. The smallest absolute Gasteiger partial charge is 0.255 e. The van der Waals surface area contributed by atoms with E-state index in [2.05, 4.69) is 10.6 Å². The van der Waals surface area contributed by atoms with E-state index in [0.29, 0.717) is 24.1 Å². The van der Waals surface area contributed by atoms with Crippen LogP contribution in [0.25, 0.3) is 0 Å². The monoisotopic (exact) mass is 329 g/mol. The summed E-state index contributed by atoms with van der Waals surface area (Å²) in [5.74, 6) is -1.10. The Bertz CT molecular complexity index is 729. The van der Waals surface area contributed by atoms with Crippen molar-refractivity contribution in [2.75, 3.05) is 5.32 Å². The number of carbonyl (C=O) groups is 4. The van der Waals surface area contributed by atoms with Crippen LogP contribution in [0.5, 0.6) is 0 Å². The van der Waals surface area contributed by atoms with E-state index in [1.165, 1.54) is 4.90 Å². The summed E-state index contributed by atoms with van der Waals surface area (Å²) in [6.07, 6.45) is 1.69. The number of nitrogens with zero attached hydrogens (tertiary/aromatic N) is 1. The molecule has 0 saturated carbocycles. The van der Waals surface area contributed by atoms with Gasteiger partial charge in [0.1, 0.15) is 6.04 Å². The van der Waals surface area contributed by atoms with Crippen molar-refractivity contribution < 1.29 is 19.2 Å². The zero-order valence-electron chi connectivity index (χ0n) is 13.4. The number of benzene rings is 1. The van der Waals surface area contributed by atoms with Crippen molar-refractivity contribution in [2.24, 2.45) is 0 Å². The number of anilines is 1. The molecule has 3 rings (SSSR count). The van der Waals surface area contributed by atoms with Gasteiger partial charge in [0.25, 0.3) is 5.91 Å². The number of carbonyl (C=O) groups excluding carboxylic acids is 4. The quantitative estimate of drug-likeness (QED) is 0.811. The number of rotatable bonds is 4. The molecule has 0 aromatic heterocycles. The van der Waals surface area contributed by atoms with E-state index in [-0.39, 0.29) is 30.7 Å². The van der Waals surface area contributed by atoms with Crippen molar-refractivity contribution in [3.8, 4) is 0 Å². The Morgan fingerprint density at radius 3 is 2.83 bits per heavy atom. The number of imide groups is 1. The van der Waals surface area contributed by atoms with E-state index < -0.39 is 11.9 Å². The summed E-state index contributed by atoms with van der Waals surface area (Å²) in [5, 5.41) is 5.11. The second-order valence-corrected chi connectivity index (χ2v) is 6.03.